The van der Waals surface area contributed by atoms with Crippen LogP contribution < -0.4 is 14.8 Å². The monoisotopic (exact) mass is 489 g/mol. The Labute approximate surface area is 185 Å². The molecule has 0 spiro atoms. The van der Waals surface area contributed by atoms with Crippen molar-refractivity contribution in [2.45, 2.75) is 39.3 Å². The smallest absolute Gasteiger partial charge is 0.175 e. The van der Waals surface area contributed by atoms with Crippen LogP contribution in [0.2, 0.25) is 10.0 Å². The van der Waals surface area contributed by atoms with Crippen molar-refractivity contribution in [3.8, 4) is 11.5 Å². The maximum atomic E-state index is 8.82. The Hall–Kier alpha value is -0.980. The van der Waals surface area contributed by atoms with Crippen LogP contribution in [0, 0.1) is 0 Å². The largest absolute Gasteiger partial charge is 0.490 e. The molecule has 2 rings (SSSR count). The topological polar surface area (TPSA) is 50.7 Å². The van der Waals surface area contributed by atoms with Crippen LogP contribution in [-0.4, -0.2) is 24.9 Å². The number of aliphatic hydroxyl groups is 1. The zero-order chi connectivity index (χ0) is 20.4. The Balaban J connectivity index is 2.05. The lowest BCUT2D eigenvalue weighted by Gasteiger charge is -2.17. The van der Waals surface area contributed by atoms with Gasteiger partial charge in [0.2, 0.25) is 0 Å². The van der Waals surface area contributed by atoms with Gasteiger partial charge in [0, 0.05) is 28.8 Å². The van der Waals surface area contributed by atoms with Gasteiger partial charge in [-0.3, -0.25) is 0 Å². The summed E-state index contributed by atoms with van der Waals surface area (Å²) in [6.45, 7) is 4.62. The van der Waals surface area contributed by atoms with E-state index in [1.165, 1.54) is 0 Å². The first-order chi connectivity index (χ1) is 13.6. The molecule has 4 nitrogen and oxygen atoms in total. The van der Waals surface area contributed by atoms with Crippen molar-refractivity contribution in [1.82, 2.24) is 5.32 Å². The summed E-state index contributed by atoms with van der Waals surface area (Å²) in [6, 6.07) is 9.40. The number of hydrogen-bond donors (Lipinski definition) is 2. The van der Waals surface area contributed by atoms with Gasteiger partial charge >= 0.3 is 0 Å². The molecule has 2 aromatic rings. The molecule has 0 atom stereocenters. The molecular formula is C21H26BrCl2NO3. The molecule has 0 unspecified atom stereocenters. The number of hydrogen-bond acceptors (Lipinski definition) is 4. The number of halogens is 3. The average molecular weight is 491 g/mol. The van der Waals surface area contributed by atoms with Crippen molar-refractivity contribution in [3.05, 3.63) is 56.0 Å². The summed E-state index contributed by atoms with van der Waals surface area (Å²) in [5, 5.41) is 13.4. The van der Waals surface area contributed by atoms with E-state index in [9.17, 15) is 0 Å². The van der Waals surface area contributed by atoms with E-state index in [1.807, 2.05) is 19.1 Å². The fourth-order valence-corrected chi connectivity index (χ4v) is 3.82. The Morgan fingerprint density at radius 1 is 1.07 bits per heavy atom. The predicted molar refractivity (Wildman–Crippen MR) is 119 cm³/mol. The molecular weight excluding hydrogens is 465 g/mol. The molecule has 28 heavy (non-hydrogen) atoms. The second-order valence-corrected chi connectivity index (χ2v) is 7.96. The van der Waals surface area contributed by atoms with Crippen LogP contribution in [0.4, 0.5) is 0 Å². The molecule has 0 aromatic heterocycles. The minimum Gasteiger partial charge on any atom is -0.490 e. The first-order valence-corrected chi connectivity index (χ1v) is 10.9. The minimum absolute atomic E-state index is 0.250. The Bertz CT molecular complexity index is 738. The zero-order valence-corrected chi connectivity index (χ0v) is 19.0. The van der Waals surface area contributed by atoms with E-state index in [0.717, 1.165) is 48.0 Å². The third-order valence-corrected chi connectivity index (χ3v) is 5.43. The molecule has 0 aliphatic carbocycles. The van der Waals surface area contributed by atoms with Crippen molar-refractivity contribution < 1.29 is 14.6 Å². The SMILES string of the molecule is CCOc1cc(CNCCCCCO)cc(Br)c1OCc1c(Cl)cccc1Cl. The summed E-state index contributed by atoms with van der Waals surface area (Å²) in [5.41, 5.74) is 1.84. The number of unbranched alkanes of at least 4 members (excludes halogenated alkanes) is 2. The van der Waals surface area contributed by atoms with Gasteiger partial charge in [0.1, 0.15) is 6.61 Å². The second kappa shape index (κ2) is 12.6. The van der Waals surface area contributed by atoms with Gasteiger partial charge in [0.15, 0.2) is 11.5 Å². The molecule has 154 valence electrons. The average Bonchev–Trinajstić information content (AvgIpc) is 2.66. The number of ether oxygens (including phenoxy) is 2. The third-order valence-electron chi connectivity index (χ3n) is 4.13. The summed E-state index contributed by atoms with van der Waals surface area (Å²) in [4.78, 5) is 0. The first kappa shape index (κ1) is 23.3. The standard InChI is InChI=1S/C21H26BrCl2NO3/c1-2-27-20-12-15(13-25-9-4-3-5-10-26)11-17(22)21(20)28-14-16-18(23)7-6-8-19(16)24/h6-8,11-12,25-26H,2-5,9-10,13-14H2,1H3. The molecule has 0 amide bonds. The van der Waals surface area contributed by atoms with Gasteiger partial charge in [-0.05, 0) is 78.5 Å². The fraction of sp³-hybridized carbons (Fsp3) is 0.429. The molecule has 2 aromatic carbocycles. The number of nitrogens with one attached hydrogen (secondary N) is 1. The highest BCUT2D eigenvalue weighted by molar-refractivity contribution is 9.10. The van der Waals surface area contributed by atoms with Gasteiger partial charge in [-0.15, -0.1) is 0 Å². The molecule has 0 saturated heterocycles. The van der Waals surface area contributed by atoms with Crippen LogP contribution in [0.5, 0.6) is 11.5 Å². The van der Waals surface area contributed by atoms with E-state index in [2.05, 4.69) is 21.2 Å². The van der Waals surface area contributed by atoms with E-state index in [4.69, 9.17) is 37.8 Å². The zero-order valence-electron chi connectivity index (χ0n) is 15.9. The minimum atomic E-state index is 0.250. The van der Waals surface area contributed by atoms with Crippen LogP contribution >= 0.6 is 39.1 Å². The summed E-state index contributed by atoms with van der Waals surface area (Å²) in [5.74, 6) is 1.31. The maximum absolute atomic E-state index is 8.82. The van der Waals surface area contributed by atoms with Gasteiger partial charge in [-0.1, -0.05) is 29.3 Å². The van der Waals surface area contributed by atoms with Gasteiger partial charge < -0.3 is 19.9 Å². The van der Waals surface area contributed by atoms with Crippen molar-refractivity contribution in [1.29, 1.82) is 0 Å². The molecule has 2 N–H and O–H groups in total. The lowest BCUT2D eigenvalue weighted by atomic mass is 10.2. The highest BCUT2D eigenvalue weighted by atomic mass is 79.9. The molecule has 0 fully saturated rings. The first-order valence-electron chi connectivity index (χ1n) is 9.39. The van der Waals surface area contributed by atoms with Crippen LogP contribution in [-0.2, 0) is 13.2 Å². The molecule has 0 heterocycles. The van der Waals surface area contributed by atoms with Gasteiger partial charge in [-0.2, -0.15) is 0 Å². The number of rotatable bonds is 12. The maximum Gasteiger partial charge on any atom is 0.175 e. The third kappa shape index (κ3) is 7.12. The van der Waals surface area contributed by atoms with Crippen molar-refractivity contribution in [2.75, 3.05) is 19.8 Å². The van der Waals surface area contributed by atoms with E-state index >= 15 is 0 Å². The Morgan fingerprint density at radius 2 is 1.82 bits per heavy atom. The lowest BCUT2D eigenvalue weighted by molar-refractivity contribution is 0.267. The van der Waals surface area contributed by atoms with E-state index < -0.39 is 0 Å². The number of aliphatic hydroxyl groups excluding tert-OH is 1. The summed E-state index contributed by atoms with van der Waals surface area (Å²) in [7, 11) is 0. The Kier molecular flexibility index (Phi) is 10.4. The molecule has 0 aliphatic rings. The van der Waals surface area contributed by atoms with Crippen molar-refractivity contribution in [3.63, 3.8) is 0 Å². The predicted octanol–water partition coefficient (Wildman–Crippen LogP) is 5.99. The summed E-state index contributed by atoms with van der Waals surface area (Å²) >= 11 is 16.1. The van der Waals surface area contributed by atoms with Crippen molar-refractivity contribution in [2.24, 2.45) is 0 Å². The van der Waals surface area contributed by atoms with Crippen molar-refractivity contribution >= 4 is 39.1 Å². The van der Waals surface area contributed by atoms with E-state index in [1.54, 1.807) is 18.2 Å². The molecule has 0 aliphatic heterocycles. The van der Waals surface area contributed by atoms with Crippen LogP contribution in [0.1, 0.15) is 37.3 Å². The molecule has 0 radical (unpaired) electrons. The lowest BCUT2D eigenvalue weighted by Crippen LogP contribution is -2.15. The number of benzene rings is 2. The molecule has 0 saturated carbocycles. The van der Waals surface area contributed by atoms with Gasteiger partial charge in [0.05, 0.1) is 11.1 Å². The highest BCUT2D eigenvalue weighted by Gasteiger charge is 2.14. The summed E-state index contributed by atoms with van der Waals surface area (Å²) < 4.78 is 12.6. The van der Waals surface area contributed by atoms with Crippen LogP contribution in [0.3, 0.4) is 0 Å². The quantitative estimate of drug-likeness (QED) is 0.359. The van der Waals surface area contributed by atoms with E-state index in [-0.39, 0.29) is 13.2 Å². The van der Waals surface area contributed by atoms with Gasteiger partial charge in [0.25, 0.3) is 0 Å². The molecule has 7 heteroatoms. The fourth-order valence-electron chi connectivity index (χ4n) is 2.71. The van der Waals surface area contributed by atoms with Crippen LogP contribution in [0.15, 0.2) is 34.8 Å². The van der Waals surface area contributed by atoms with E-state index in [0.29, 0.717) is 28.2 Å². The summed E-state index contributed by atoms with van der Waals surface area (Å²) in [6.07, 6.45) is 2.91. The van der Waals surface area contributed by atoms with Gasteiger partial charge in [-0.25, -0.2) is 0 Å². The normalized spacial score (nSPS) is 10.9. The molecule has 0 bridgehead atoms. The highest BCUT2D eigenvalue weighted by Crippen LogP contribution is 2.38. The van der Waals surface area contributed by atoms with Crippen LogP contribution in [0.25, 0.3) is 0 Å². The Morgan fingerprint density at radius 3 is 2.50 bits per heavy atom. The second-order valence-electron chi connectivity index (χ2n) is 6.29.